The molecule has 1 aliphatic heterocycles. The predicted octanol–water partition coefficient (Wildman–Crippen LogP) is 2.15. The van der Waals surface area contributed by atoms with Gasteiger partial charge in [0.25, 0.3) is 0 Å². The fourth-order valence-electron chi connectivity index (χ4n) is 2.23. The van der Waals surface area contributed by atoms with Crippen LogP contribution in [-0.4, -0.2) is 23.1 Å². The number of aromatic nitrogens is 2. The highest BCUT2D eigenvalue weighted by molar-refractivity contribution is 9.10. The first-order valence-corrected chi connectivity index (χ1v) is 6.77. The summed E-state index contributed by atoms with van der Waals surface area (Å²) in [6, 6.07) is 0. The summed E-state index contributed by atoms with van der Waals surface area (Å²) in [6.45, 7) is 4.37. The number of hydrazine groups is 1. The average Bonchev–Trinajstić information content (AvgIpc) is 2.39. The number of nitrogens with zero attached hydrogens (tertiary/aromatic N) is 3. The van der Waals surface area contributed by atoms with Crippen LogP contribution in [0.25, 0.3) is 0 Å². The molecule has 0 aliphatic carbocycles. The molecule has 94 valence electrons. The molecule has 2 rings (SSSR count). The topological polar surface area (TPSA) is 67.1 Å². The van der Waals surface area contributed by atoms with Gasteiger partial charge in [-0.25, -0.2) is 15.8 Å². The van der Waals surface area contributed by atoms with E-state index in [1.54, 1.807) is 6.33 Å². The minimum Gasteiger partial charge on any atom is -0.355 e. The summed E-state index contributed by atoms with van der Waals surface area (Å²) in [5, 5.41) is 0. The quantitative estimate of drug-likeness (QED) is 0.661. The predicted molar refractivity (Wildman–Crippen MR) is 72.8 cm³/mol. The van der Waals surface area contributed by atoms with E-state index in [0.29, 0.717) is 5.82 Å². The molecule has 2 heterocycles. The number of anilines is 2. The van der Waals surface area contributed by atoms with Gasteiger partial charge < -0.3 is 10.3 Å². The van der Waals surface area contributed by atoms with Crippen LogP contribution in [0.4, 0.5) is 11.6 Å². The van der Waals surface area contributed by atoms with Crippen LogP contribution in [0.1, 0.15) is 26.2 Å². The molecule has 0 radical (unpaired) electrons. The van der Waals surface area contributed by atoms with E-state index in [1.807, 2.05) is 0 Å². The first-order chi connectivity index (χ1) is 8.26. The Morgan fingerprint density at radius 1 is 1.47 bits per heavy atom. The second-order valence-electron chi connectivity index (χ2n) is 4.34. The Labute approximate surface area is 110 Å². The molecule has 1 fully saturated rings. The third-order valence-electron chi connectivity index (χ3n) is 3.40. The molecule has 5 nitrogen and oxygen atoms in total. The lowest BCUT2D eigenvalue weighted by molar-refractivity contribution is 0.393. The van der Waals surface area contributed by atoms with Crippen LogP contribution in [0, 0.1) is 5.92 Å². The van der Waals surface area contributed by atoms with E-state index in [2.05, 4.69) is 43.1 Å². The maximum atomic E-state index is 5.40. The van der Waals surface area contributed by atoms with Crippen molar-refractivity contribution in [2.75, 3.05) is 23.4 Å². The van der Waals surface area contributed by atoms with Gasteiger partial charge in [-0.3, -0.25) is 0 Å². The van der Waals surface area contributed by atoms with E-state index in [4.69, 9.17) is 5.84 Å². The van der Waals surface area contributed by atoms with E-state index in [-0.39, 0.29) is 0 Å². The van der Waals surface area contributed by atoms with Crippen LogP contribution in [-0.2, 0) is 0 Å². The number of rotatable bonds is 3. The van der Waals surface area contributed by atoms with Crippen LogP contribution < -0.4 is 16.2 Å². The first kappa shape index (κ1) is 12.6. The molecule has 0 saturated carbocycles. The van der Waals surface area contributed by atoms with Gasteiger partial charge in [0.05, 0.1) is 0 Å². The Morgan fingerprint density at radius 3 is 2.76 bits per heavy atom. The van der Waals surface area contributed by atoms with Gasteiger partial charge in [0.1, 0.15) is 16.6 Å². The van der Waals surface area contributed by atoms with Crippen molar-refractivity contribution in [3.63, 3.8) is 0 Å². The van der Waals surface area contributed by atoms with E-state index < -0.39 is 0 Å². The molecule has 0 bridgehead atoms. The minimum absolute atomic E-state index is 0.632. The molecule has 3 N–H and O–H groups in total. The Hall–Kier alpha value is -0.880. The molecule has 0 atom stereocenters. The normalized spacial score (nSPS) is 17.2. The summed E-state index contributed by atoms with van der Waals surface area (Å²) in [5.74, 6) is 7.83. The highest BCUT2D eigenvalue weighted by Gasteiger charge is 2.21. The van der Waals surface area contributed by atoms with Crippen LogP contribution in [0.15, 0.2) is 10.8 Å². The second kappa shape index (κ2) is 5.64. The zero-order valence-corrected chi connectivity index (χ0v) is 11.6. The molecule has 6 heteroatoms. The average molecular weight is 300 g/mol. The van der Waals surface area contributed by atoms with Crippen molar-refractivity contribution in [3.8, 4) is 0 Å². The monoisotopic (exact) mass is 299 g/mol. The Balaban J connectivity index is 2.13. The highest BCUT2D eigenvalue weighted by atomic mass is 79.9. The maximum Gasteiger partial charge on any atom is 0.159 e. The van der Waals surface area contributed by atoms with Gasteiger partial charge in [0, 0.05) is 13.1 Å². The van der Waals surface area contributed by atoms with Gasteiger partial charge in [0.15, 0.2) is 5.82 Å². The summed E-state index contributed by atoms with van der Waals surface area (Å²) in [4.78, 5) is 10.7. The Morgan fingerprint density at radius 2 is 2.18 bits per heavy atom. The van der Waals surface area contributed by atoms with Gasteiger partial charge in [-0.15, -0.1) is 0 Å². The lowest BCUT2D eigenvalue weighted by Gasteiger charge is -2.32. The summed E-state index contributed by atoms with van der Waals surface area (Å²) < 4.78 is 0.845. The number of hydrogen-bond donors (Lipinski definition) is 2. The lowest BCUT2D eigenvalue weighted by atomic mass is 9.94. The third kappa shape index (κ3) is 2.69. The van der Waals surface area contributed by atoms with Crippen LogP contribution in [0.2, 0.25) is 0 Å². The minimum atomic E-state index is 0.632. The molecule has 0 unspecified atom stereocenters. The van der Waals surface area contributed by atoms with Crippen molar-refractivity contribution in [2.45, 2.75) is 26.2 Å². The fraction of sp³-hybridized carbons (Fsp3) is 0.636. The van der Waals surface area contributed by atoms with Crippen LogP contribution >= 0.6 is 15.9 Å². The van der Waals surface area contributed by atoms with Crippen molar-refractivity contribution in [1.29, 1.82) is 0 Å². The number of nitrogen functional groups attached to an aromatic ring is 1. The molecule has 17 heavy (non-hydrogen) atoms. The largest absolute Gasteiger partial charge is 0.355 e. The number of hydrogen-bond acceptors (Lipinski definition) is 5. The van der Waals surface area contributed by atoms with Crippen molar-refractivity contribution < 1.29 is 0 Å². The molecule has 1 aromatic heterocycles. The first-order valence-electron chi connectivity index (χ1n) is 5.98. The third-order valence-corrected chi connectivity index (χ3v) is 4.13. The zero-order valence-electron chi connectivity index (χ0n) is 9.99. The Kier molecular flexibility index (Phi) is 4.17. The number of halogens is 1. The SMILES string of the molecule is CCC1CCN(c2ncnc(NN)c2Br)CC1. The number of nitrogens with two attached hydrogens (primary N) is 1. The van der Waals surface area contributed by atoms with Gasteiger partial charge in [-0.1, -0.05) is 13.3 Å². The van der Waals surface area contributed by atoms with Crippen molar-refractivity contribution in [2.24, 2.45) is 11.8 Å². The van der Waals surface area contributed by atoms with Gasteiger partial charge in [-0.05, 0) is 34.7 Å². The molecule has 0 aromatic carbocycles. The van der Waals surface area contributed by atoms with Crippen molar-refractivity contribution in [3.05, 3.63) is 10.8 Å². The highest BCUT2D eigenvalue weighted by Crippen LogP contribution is 2.32. The number of piperidine rings is 1. The molecule has 1 aliphatic rings. The Bertz CT molecular complexity index is 376. The summed E-state index contributed by atoms with van der Waals surface area (Å²) in [7, 11) is 0. The smallest absolute Gasteiger partial charge is 0.159 e. The van der Waals surface area contributed by atoms with E-state index in [9.17, 15) is 0 Å². The van der Waals surface area contributed by atoms with E-state index >= 15 is 0 Å². The molecule has 0 amide bonds. The molecule has 1 aromatic rings. The second-order valence-corrected chi connectivity index (χ2v) is 5.14. The summed E-state index contributed by atoms with van der Waals surface area (Å²) >= 11 is 3.50. The lowest BCUT2D eigenvalue weighted by Crippen LogP contribution is -2.34. The summed E-state index contributed by atoms with van der Waals surface area (Å²) in [5.41, 5.74) is 2.57. The van der Waals surface area contributed by atoms with Crippen LogP contribution in [0.5, 0.6) is 0 Å². The number of nitrogens with one attached hydrogen (secondary N) is 1. The van der Waals surface area contributed by atoms with Crippen molar-refractivity contribution >= 4 is 27.6 Å². The van der Waals surface area contributed by atoms with Gasteiger partial charge in [0.2, 0.25) is 0 Å². The van der Waals surface area contributed by atoms with Crippen molar-refractivity contribution in [1.82, 2.24) is 9.97 Å². The van der Waals surface area contributed by atoms with E-state index in [1.165, 1.54) is 19.3 Å². The molecule has 0 spiro atoms. The molecular weight excluding hydrogens is 282 g/mol. The van der Waals surface area contributed by atoms with E-state index in [0.717, 1.165) is 29.3 Å². The molecule has 1 saturated heterocycles. The zero-order chi connectivity index (χ0) is 12.3. The van der Waals surface area contributed by atoms with Gasteiger partial charge >= 0.3 is 0 Å². The van der Waals surface area contributed by atoms with Gasteiger partial charge in [-0.2, -0.15) is 0 Å². The standard InChI is InChI=1S/C11H18BrN5/c1-2-8-3-5-17(6-4-8)11-9(12)10(16-13)14-7-15-11/h7-8H,2-6,13H2,1H3,(H,14,15,16). The van der Waals surface area contributed by atoms with Crippen LogP contribution in [0.3, 0.4) is 0 Å². The summed E-state index contributed by atoms with van der Waals surface area (Å²) in [6.07, 6.45) is 5.28. The fourth-order valence-corrected chi connectivity index (χ4v) is 2.80. The molecular formula is C11H18BrN5. The maximum absolute atomic E-state index is 5.40.